The van der Waals surface area contributed by atoms with Gasteiger partial charge in [0.2, 0.25) is 0 Å². The molecule has 6 N–H and O–H groups in total. The van der Waals surface area contributed by atoms with Gasteiger partial charge in [-0.25, -0.2) is 0 Å². The molecule has 41 heavy (non-hydrogen) atoms. The van der Waals surface area contributed by atoms with E-state index in [0.29, 0.717) is 19.4 Å². The van der Waals surface area contributed by atoms with E-state index in [0.717, 1.165) is 28.8 Å². The zero-order chi connectivity index (χ0) is 28.8. The molecule has 0 saturated heterocycles. The molecular formula is C33H30N2O6. The van der Waals surface area contributed by atoms with E-state index in [1.807, 2.05) is 42.5 Å². The van der Waals surface area contributed by atoms with Crippen molar-refractivity contribution in [2.45, 2.75) is 32.4 Å². The highest BCUT2D eigenvalue weighted by Gasteiger charge is 2.51. The molecule has 3 aromatic carbocycles. The number of benzene rings is 3. The molecule has 1 amide bonds. The Morgan fingerprint density at radius 1 is 0.878 bits per heavy atom. The molecule has 3 aromatic rings. The first kappa shape index (κ1) is 26.5. The Morgan fingerprint density at radius 2 is 1.56 bits per heavy atom. The van der Waals surface area contributed by atoms with Gasteiger partial charge in [0.1, 0.15) is 22.8 Å². The Morgan fingerprint density at radius 3 is 2.24 bits per heavy atom. The van der Waals surface area contributed by atoms with E-state index in [9.17, 15) is 29.7 Å². The van der Waals surface area contributed by atoms with Gasteiger partial charge in [0.25, 0.3) is 5.91 Å². The highest BCUT2D eigenvalue weighted by Crippen LogP contribution is 2.51. The number of phenols is 1. The van der Waals surface area contributed by atoms with Gasteiger partial charge in [-0.3, -0.25) is 14.4 Å². The molecule has 0 heterocycles. The number of aliphatic hydroxyl groups is 2. The summed E-state index contributed by atoms with van der Waals surface area (Å²) in [6, 6.07) is 21.5. The fraction of sp³-hybridized carbons (Fsp3) is 0.242. The molecule has 0 spiro atoms. The number of nitrogens with one attached hydrogen (secondary N) is 1. The first-order chi connectivity index (χ1) is 19.7. The maximum atomic E-state index is 13.6. The summed E-state index contributed by atoms with van der Waals surface area (Å²) < 4.78 is 0. The summed E-state index contributed by atoms with van der Waals surface area (Å²) in [5, 5.41) is 36.3. The quantitative estimate of drug-likeness (QED) is 0.288. The van der Waals surface area contributed by atoms with Gasteiger partial charge in [0.05, 0.1) is 11.5 Å². The minimum Gasteiger partial charge on any atom is -0.511 e. The van der Waals surface area contributed by atoms with Crippen LogP contribution < -0.4 is 11.1 Å². The largest absolute Gasteiger partial charge is 0.511 e. The van der Waals surface area contributed by atoms with Crippen molar-refractivity contribution >= 4 is 23.2 Å². The molecule has 0 aromatic heterocycles. The molecule has 3 atom stereocenters. The zero-order valence-electron chi connectivity index (χ0n) is 22.3. The lowest BCUT2D eigenvalue weighted by atomic mass is 9.61. The van der Waals surface area contributed by atoms with Crippen LogP contribution in [0.15, 0.2) is 83.6 Å². The normalized spacial score (nSPS) is 21.8. The van der Waals surface area contributed by atoms with Crippen LogP contribution in [-0.4, -0.2) is 32.8 Å². The highest BCUT2D eigenvalue weighted by molar-refractivity contribution is 6.21. The van der Waals surface area contributed by atoms with Gasteiger partial charge >= 0.3 is 0 Å². The van der Waals surface area contributed by atoms with E-state index in [-0.39, 0.29) is 29.1 Å². The monoisotopic (exact) mass is 550 g/mol. The van der Waals surface area contributed by atoms with Gasteiger partial charge in [-0.2, -0.15) is 0 Å². The van der Waals surface area contributed by atoms with Crippen LogP contribution in [0.25, 0.3) is 16.9 Å². The molecule has 3 aliphatic carbocycles. The number of amides is 1. The van der Waals surface area contributed by atoms with Gasteiger partial charge in [0.15, 0.2) is 11.6 Å². The van der Waals surface area contributed by atoms with Crippen molar-refractivity contribution in [1.82, 2.24) is 5.32 Å². The molecule has 3 aliphatic rings. The lowest BCUT2D eigenvalue weighted by Crippen LogP contribution is -2.44. The average molecular weight is 551 g/mol. The molecule has 208 valence electrons. The van der Waals surface area contributed by atoms with Crippen molar-refractivity contribution in [3.63, 3.8) is 0 Å². The fourth-order valence-electron chi connectivity index (χ4n) is 6.66. The van der Waals surface area contributed by atoms with Crippen molar-refractivity contribution in [2.75, 3.05) is 0 Å². The Kier molecular flexibility index (Phi) is 6.71. The molecule has 0 bridgehead atoms. The van der Waals surface area contributed by atoms with Crippen molar-refractivity contribution in [3.05, 3.63) is 106 Å². The van der Waals surface area contributed by atoms with Crippen LogP contribution in [0.4, 0.5) is 0 Å². The fourth-order valence-corrected chi connectivity index (χ4v) is 6.66. The van der Waals surface area contributed by atoms with Crippen LogP contribution in [0.5, 0.6) is 5.75 Å². The number of Topliss-reactive ketones (excluding diaryl/α,β-unsaturated/α-hetero) is 2. The van der Waals surface area contributed by atoms with Gasteiger partial charge in [-0.1, -0.05) is 60.7 Å². The molecule has 0 aliphatic heterocycles. The summed E-state index contributed by atoms with van der Waals surface area (Å²) in [4.78, 5) is 38.0. The van der Waals surface area contributed by atoms with E-state index in [4.69, 9.17) is 5.73 Å². The van der Waals surface area contributed by atoms with Gasteiger partial charge in [-0.15, -0.1) is 0 Å². The third-order valence-electron chi connectivity index (χ3n) is 8.54. The number of aromatic hydroxyl groups is 1. The van der Waals surface area contributed by atoms with Crippen LogP contribution in [0.3, 0.4) is 0 Å². The summed E-state index contributed by atoms with van der Waals surface area (Å²) in [6.45, 7) is 1.45. The minimum atomic E-state index is -1.13. The number of phenolic OH excluding ortho intramolecular Hbond substituents is 1. The first-order valence-electron chi connectivity index (χ1n) is 13.7. The molecular weight excluding hydrogens is 520 g/mol. The lowest BCUT2D eigenvalue weighted by molar-refractivity contribution is -0.127. The maximum absolute atomic E-state index is 13.6. The zero-order valence-corrected chi connectivity index (χ0v) is 22.3. The second-order valence-corrected chi connectivity index (χ2v) is 11.0. The summed E-state index contributed by atoms with van der Waals surface area (Å²) >= 11 is 0. The maximum Gasteiger partial charge on any atom is 0.255 e. The highest BCUT2D eigenvalue weighted by atomic mass is 16.3. The smallest absolute Gasteiger partial charge is 0.255 e. The van der Waals surface area contributed by atoms with Gasteiger partial charge in [0, 0.05) is 25.1 Å². The van der Waals surface area contributed by atoms with Crippen molar-refractivity contribution < 1.29 is 29.7 Å². The van der Waals surface area contributed by atoms with E-state index in [2.05, 4.69) is 17.4 Å². The summed E-state index contributed by atoms with van der Waals surface area (Å²) in [7, 11) is 0. The van der Waals surface area contributed by atoms with Crippen molar-refractivity contribution in [3.8, 4) is 16.9 Å². The van der Waals surface area contributed by atoms with Crippen LogP contribution in [0.2, 0.25) is 0 Å². The number of allylic oxidation sites excluding steroid dienone is 2. The number of aliphatic hydroxyl groups excluding tert-OH is 2. The number of fused-ring (bicyclic) bond motifs is 3. The molecule has 1 saturated carbocycles. The number of rotatable bonds is 6. The number of hydrogen-bond acceptors (Lipinski definition) is 7. The SMILES string of the molecule is NC(=O)C1=C(O)C2C(=O)C3=C(O)c4c(O)ccc(-c5ccc(CNCc6ccccc6)cc5)c4CC3CC2CC1=O. The number of nitrogens with two attached hydrogens (primary N) is 1. The van der Waals surface area contributed by atoms with E-state index in [1.54, 1.807) is 6.07 Å². The minimum absolute atomic E-state index is 0.0805. The van der Waals surface area contributed by atoms with Crippen LogP contribution in [0.1, 0.15) is 35.1 Å². The van der Waals surface area contributed by atoms with E-state index < -0.39 is 46.6 Å². The predicted molar refractivity (Wildman–Crippen MR) is 152 cm³/mol. The van der Waals surface area contributed by atoms with Crippen LogP contribution in [0, 0.1) is 17.8 Å². The molecule has 8 heteroatoms. The molecule has 6 rings (SSSR count). The first-order valence-corrected chi connectivity index (χ1v) is 13.7. The topological polar surface area (TPSA) is 150 Å². The molecule has 3 unspecified atom stereocenters. The number of hydrogen-bond donors (Lipinski definition) is 5. The molecule has 0 radical (unpaired) electrons. The Balaban J connectivity index is 1.31. The Bertz CT molecular complexity index is 1640. The van der Waals surface area contributed by atoms with E-state index in [1.165, 1.54) is 11.6 Å². The van der Waals surface area contributed by atoms with Crippen LogP contribution in [-0.2, 0) is 33.9 Å². The second kappa shape index (κ2) is 10.4. The molecule has 1 fully saturated rings. The number of carbonyl (C=O) groups is 3. The van der Waals surface area contributed by atoms with Crippen molar-refractivity contribution in [2.24, 2.45) is 23.5 Å². The number of primary amides is 1. The summed E-state index contributed by atoms with van der Waals surface area (Å²) in [5.41, 5.74) is 9.83. The molecule has 8 nitrogen and oxygen atoms in total. The summed E-state index contributed by atoms with van der Waals surface area (Å²) in [5.74, 6) is -5.34. The van der Waals surface area contributed by atoms with E-state index >= 15 is 0 Å². The third-order valence-corrected chi connectivity index (χ3v) is 8.54. The lowest BCUT2D eigenvalue weighted by Gasteiger charge is -2.41. The third kappa shape index (κ3) is 4.60. The predicted octanol–water partition coefficient (Wildman–Crippen LogP) is 4.27. The van der Waals surface area contributed by atoms with Gasteiger partial charge < -0.3 is 26.4 Å². The second-order valence-electron chi connectivity index (χ2n) is 11.0. The van der Waals surface area contributed by atoms with Gasteiger partial charge in [-0.05, 0) is 58.6 Å². The number of ketones is 2. The Hall–Kier alpha value is -4.69. The van der Waals surface area contributed by atoms with Crippen molar-refractivity contribution in [1.29, 1.82) is 0 Å². The standard InChI is InChI=1S/C33H30N2O6/c34-33(41)29-25(37)14-21-12-20-13-23-22(10-11-24(36)28(23)31(39)26(20)30(38)27(21)32(29)40)19-8-6-18(7-9-19)16-35-15-17-4-2-1-3-5-17/h1-11,20-21,27,35-36,39-40H,12-16H2,(H2,34,41). The Labute approximate surface area is 236 Å². The number of carbonyl (C=O) groups excluding carboxylic acids is 3. The summed E-state index contributed by atoms with van der Waals surface area (Å²) in [6.07, 6.45) is 0.649. The van der Waals surface area contributed by atoms with Crippen LogP contribution >= 0.6 is 0 Å². The average Bonchev–Trinajstić information content (AvgIpc) is 2.93.